The smallest absolute Gasteiger partial charge is 0.310 e. The number of halogens is 1. The molecule has 3 aliphatic heterocycles. The number of hydrogen-bond donors (Lipinski definition) is 1. The van der Waals surface area contributed by atoms with Crippen molar-refractivity contribution in [2.24, 2.45) is 16.8 Å². The minimum absolute atomic E-state index is 0. The van der Waals surface area contributed by atoms with E-state index in [0.29, 0.717) is 6.54 Å². The lowest BCUT2D eigenvalue weighted by Crippen LogP contribution is -2.62. The number of carbonyl (C=O) groups is 1. The molecule has 168 valence electrons. The standard InChI is InChI=1S/C21H39N5O2.HI/c1-17-14-25(15-18(17)19(27)28-4)20(22-2)23-16-21(8-12-24(3)13-9-21)26-10-6-5-7-11-26;/h17-18H,5-16H2,1-4H3,(H,22,23);1H. The molecule has 3 heterocycles. The SMILES string of the molecule is CN=C(NCC1(N2CCCCC2)CCN(C)CC1)N1CC(C)C(C(=O)OC)C1.I. The average molecular weight is 521 g/mol. The zero-order valence-electron chi connectivity index (χ0n) is 18.7. The Kier molecular flexibility index (Phi) is 9.47. The molecule has 0 aromatic rings. The molecule has 2 atom stereocenters. The molecule has 0 aromatic heterocycles. The van der Waals surface area contributed by atoms with Gasteiger partial charge in [0.25, 0.3) is 0 Å². The molecule has 29 heavy (non-hydrogen) atoms. The summed E-state index contributed by atoms with van der Waals surface area (Å²) >= 11 is 0. The Morgan fingerprint density at radius 3 is 2.38 bits per heavy atom. The highest BCUT2D eigenvalue weighted by Crippen LogP contribution is 2.31. The van der Waals surface area contributed by atoms with Crippen molar-refractivity contribution < 1.29 is 9.53 Å². The number of methoxy groups -OCH3 is 1. The van der Waals surface area contributed by atoms with Gasteiger partial charge in [0.1, 0.15) is 0 Å². The van der Waals surface area contributed by atoms with Crippen LogP contribution in [0, 0.1) is 11.8 Å². The number of likely N-dealkylation sites (tertiary alicyclic amines) is 3. The van der Waals surface area contributed by atoms with Crippen LogP contribution in [0.4, 0.5) is 0 Å². The van der Waals surface area contributed by atoms with Crippen LogP contribution in [-0.2, 0) is 9.53 Å². The van der Waals surface area contributed by atoms with Gasteiger partial charge in [-0.25, -0.2) is 0 Å². The van der Waals surface area contributed by atoms with E-state index in [-0.39, 0.29) is 47.3 Å². The van der Waals surface area contributed by atoms with Gasteiger partial charge in [-0.1, -0.05) is 13.3 Å². The van der Waals surface area contributed by atoms with Crippen LogP contribution in [0.15, 0.2) is 4.99 Å². The van der Waals surface area contributed by atoms with E-state index in [1.807, 2.05) is 7.05 Å². The van der Waals surface area contributed by atoms with Gasteiger partial charge in [0.05, 0.1) is 13.0 Å². The summed E-state index contributed by atoms with van der Waals surface area (Å²) in [4.78, 5) is 24.0. The number of nitrogens with one attached hydrogen (secondary N) is 1. The fourth-order valence-electron chi connectivity index (χ4n) is 5.18. The number of ether oxygens (including phenoxy) is 1. The molecule has 3 fully saturated rings. The van der Waals surface area contributed by atoms with Crippen molar-refractivity contribution in [2.75, 3.05) is 67.0 Å². The van der Waals surface area contributed by atoms with E-state index >= 15 is 0 Å². The van der Waals surface area contributed by atoms with E-state index in [4.69, 9.17) is 4.74 Å². The van der Waals surface area contributed by atoms with Crippen molar-refractivity contribution in [1.29, 1.82) is 0 Å². The first kappa shape index (κ1) is 24.7. The fraction of sp³-hybridized carbons (Fsp3) is 0.905. The van der Waals surface area contributed by atoms with E-state index in [1.54, 1.807) is 0 Å². The number of guanidine groups is 1. The minimum atomic E-state index is -0.106. The number of nitrogens with zero attached hydrogens (tertiary/aromatic N) is 4. The Hall–Kier alpha value is -0.610. The van der Waals surface area contributed by atoms with Crippen LogP contribution in [0.5, 0.6) is 0 Å². The number of hydrogen-bond acceptors (Lipinski definition) is 5. The van der Waals surface area contributed by atoms with Crippen LogP contribution < -0.4 is 5.32 Å². The van der Waals surface area contributed by atoms with Crippen molar-refractivity contribution in [2.45, 2.75) is 44.6 Å². The molecule has 0 aromatic carbocycles. The maximum atomic E-state index is 12.1. The summed E-state index contributed by atoms with van der Waals surface area (Å²) in [6, 6.07) is 0. The van der Waals surface area contributed by atoms with E-state index in [1.165, 1.54) is 52.3 Å². The number of rotatable bonds is 4. The lowest BCUT2D eigenvalue weighted by atomic mass is 9.84. The molecule has 3 saturated heterocycles. The topological polar surface area (TPSA) is 60.4 Å². The van der Waals surface area contributed by atoms with E-state index in [2.05, 4.69) is 39.0 Å². The Morgan fingerprint density at radius 2 is 1.79 bits per heavy atom. The van der Waals surface area contributed by atoms with Gasteiger partial charge in [0.2, 0.25) is 0 Å². The highest BCUT2D eigenvalue weighted by Gasteiger charge is 2.41. The van der Waals surface area contributed by atoms with Crippen molar-refractivity contribution >= 4 is 35.9 Å². The Morgan fingerprint density at radius 1 is 1.14 bits per heavy atom. The number of piperidine rings is 2. The number of esters is 1. The normalized spacial score (nSPS) is 28.7. The lowest BCUT2D eigenvalue weighted by Gasteiger charge is -2.50. The number of carbonyl (C=O) groups excluding carboxylic acids is 1. The molecule has 1 N–H and O–H groups in total. The third-order valence-electron chi connectivity index (χ3n) is 7.15. The van der Waals surface area contributed by atoms with Gasteiger partial charge >= 0.3 is 5.97 Å². The van der Waals surface area contributed by atoms with Crippen molar-refractivity contribution in [3.05, 3.63) is 0 Å². The number of aliphatic imine (C=N–C) groups is 1. The van der Waals surface area contributed by atoms with Crippen LogP contribution in [0.2, 0.25) is 0 Å². The summed E-state index contributed by atoms with van der Waals surface area (Å²) in [5.74, 6) is 1.03. The molecule has 0 spiro atoms. The fourth-order valence-corrected chi connectivity index (χ4v) is 5.18. The molecule has 0 aliphatic carbocycles. The maximum Gasteiger partial charge on any atom is 0.310 e. The van der Waals surface area contributed by atoms with Crippen LogP contribution in [0.1, 0.15) is 39.0 Å². The largest absolute Gasteiger partial charge is 0.469 e. The summed E-state index contributed by atoms with van der Waals surface area (Å²) in [7, 11) is 5.55. The second-order valence-electron chi connectivity index (χ2n) is 8.99. The van der Waals surface area contributed by atoms with Gasteiger partial charge in [0, 0.05) is 32.2 Å². The zero-order chi connectivity index (χ0) is 20.1. The quantitative estimate of drug-likeness (QED) is 0.264. The molecule has 7 nitrogen and oxygen atoms in total. The van der Waals surface area contributed by atoms with Gasteiger partial charge in [-0.3, -0.25) is 14.7 Å². The molecule has 3 aliphatic rings. The van der Waals surface area contributed by atoms with Gasteiger partial charge in [-0.2, -0.15) is 0 Å². The van der Waals surface area contributed by atoms with Crippen molar-refractivity contribution in [1.82, 2.24) is 20.0 Å². The first-order valence-corrected chi connectivity index (χ1v) is 11.0. The average Bonchev–Trinajstić information content (AvgIpc) is 3.11. The summed E-state index contributed by atoms with van der Waals surface area (Å²) in [6.07, 6.45) is 6.40. The molecular formula is C21H40IN5O2. The molecular weight excluding hydrogens is 481 g/mol. The second kappa shape index (κ2) is 11.1. The molecule has 0 bridgehead atoms. The zero-order valence-corrected chi connectivity index (χ0v) is 21.0. The van der Waals surface area contributed by atoms with Crippen molar-refractivity contribution in [3.8, 4) is 0 Å². The van der Waals surface area contributed by atoms with Gasteiger partial charge in [-0.05, 0) is 64.8 Å². The highest BCUT2D eigenvalue weighted by atomic mass is 127. The predicted molar refractivity (Wildman–Crippen MR) is 128 cm³/mol. The van der Waals surface area contributed by atoms with E-state index < -0.39 is 0 Å². The summed E-state index contributed by atoms with van der Waals surface area (Å²) in [5.41, 5.74) is 0.218. The molecule has 3 rings (SSSR count). The van der Waals surface area contributed by atoms with Crippen LogP contribution in [0.25, 0.3) is 0 Å². The Bertz CT molecular complexity index is 559. The highest BCUT2D eigenvalue weighted by molar-refractivity contribution is 14.0. The second-order valence-corrected chi connectivity index (χ2v) is 8.99. The molecule has 0 radical (unpaired) electrons. The Labute approximate surface area is 193 Å². The monoisotopic (exact) mass is 521 g/mol. The van der Waals surface area contributed by atoms with E-state index in [0.717, 1.165) is 32.1 Å². The Balaban J connectivity index is 0.00000300. The third kappa shape index (κ3) is 5.76. The predicted octanol–water partition coefficient (Wildman–Crippen LogP) is 1.87. The third-order valence-corrected chi connectivity index (χ3v) is 7.15. The van der Waals surface area contributed by atoms with Gasteiger partial charge in [-0.15, -0.1) is 24.0 Å². The van der Waals surface area contributed by atoms with Crippen molar-refractivity contribution in [3.63, 3.8) is 0 Å². The maximum absolute atomic E-state index is 12.1. The van der Waals surface area contributed by atoms with Crippen LogP contribution in [-0.4, -0.2) is 99.2 Å². The molecule has 2 unspecified atom stereocenters. The van der Waals surface area contributed by atoms with Crippen LogP contribution in [0.3, 0.4) is 0 Å². The minimum Gasteiger partial charge on any atom is -0.469 e. The molecule has 0 saturated carbocycles. The van der Waals surface area contributed by atoms with E-state index in [9.17, 15) is 4.79 Å². The van der Waals surface area contributed by atoms with Gasteiger partial charge < -0.3 is 19.9 Å². The first-order valence-electron chi connectivity index (χ1n) is 11.0. The summed E-state index contributed by atoms with van der Waals surface area (Å²) in [6.45, 7) is 9.34. The van der Waals surface area contributed by atoms with Crippen LogP contribution >= 0.6 is 24.0 Å². The summed E-state index contributed by atoms with van der Waals surface area (Å²) < 4.78 is 4.99. The van der Waals surface area contributed by atoms with Gasteiger partial charge in [0.15, 0.2) is 5.96 Å². The lowest BCUT2D eigenvalue weighted by molar-refractivity contribution is -0.145. The molecule has 8 heteroatoms. The summed E-state index contributed by atoms with van der Waals surface area (Å²) in [5, 5.41) is 3.70. The first-order chi connectivity index (χ1) is 13.5. The molecule has 0 amide bonds.